The number of carbonyl (C=O) groups is 2. The molecule has 1 atom stereocenters. The molecule has 12 heteroatoms. The number of benzene rings is 1. The highest BCUT2D eigenvalue weighted by molar-refractivity contribution is 6.00. The first-order chi connectivity index (χ1) is 15.9. The number of hydrazine groups is 1. The largest absolute Gasteiger partial charge is 0.477 e. The van der Waals surface area contributed by atoms with E-state index in [0.717, 1.165) is 6.20 Å². The summed E-state index contributed by atoms with van der Waals surface area (Å²) in [5.41, 5.74) is -1.26. The lowest BCUT2D eigenvalue weighted by Crippen LogP contribution is -2.40. The van der Waals surface area contributed by atoms with Crippen molar-refractivity contribution in [2.75, 3.05) is 23.4 Å². The van der Waals surface area contributed by atoms with Crippen molar-refractivity contribution in [2.24, 2.45) is 5.84 Å². The van der Waals surface area contributed by atoms with Crippen molar-refractivity contribution in [2.45, 2.75) is 57.7 Å². The lowest BCUT2D eigenvalue weighted by Gasteiger charge is -2.25. The second-order valence-electron chi connectivity index (χ2n) is 9.61. The number of fused-ring (bicyclic) bond motifs is 1. The number of ether oxygens (including phenoxy) is 1. The van der Waals surface area contributed by atoms with Crippen LogP contribution in [0.2, 0.25) is 0 Å². The fraction of sp³-hybridized carbons (Fsp3) is 0.500. The molecule has 0 bridgehead atoms. The van der Waals surface area contributed by atoms with Gasteiger partial charge in [-0.25, -0.2) is 18.4 Å². The van der Waals surface area contributed by atoms with Gasteiger partial charge in [0.25, 0.3) is 0 Å². The Kier molecular flexibility index (Phi) is 5.88. The maximum absolute atomic E-state index is 15.9. The summed E-state index contributed by atoms with van der Waals surface area (Å²) >= 11 is 0. The smallest absolute Gasteiger partial charge is 0.407 e. The van der Waals surface area contributed by atoms with Crippen LogP contribution in [0, 0.1) is 11.6 Å². The summed E-state index contributed by atoms with van der Waals surface area (Å²) in [6.07, 6.45) is 2.22. The van der Waals surface area contributed by atoms with Crippen LogP contribution in [0.1, 0.15) is 56.4 Å². The summed E-state index contributed by atoms with van der Waals surface area (Å²) in [4.78, 5) is 38.0. The molecular formula is C22H27F2N5O5. The Labute approximate surface area is 193 Å². The van der Waals surface area contributed by atoms with Crippen molar-refractivity contribution < 1.29 is 28.2 Å². The van der Waals surface area contributed by atoms with E-state index in [4.69, 9.17) is 10.6 Å². The van der Waals surface area contributed by atoms with Crippen molar-refractivity contribution >= 4 is 34.3 Å². The Morgan fingerprint density at radius 3 is 2.44 bits per heavy atom. The lowest BCUT2D eigenvalue weighted by atomic mass is 10.1. The van der Waals surface area contributed by atoms with Crippen LogP contribution in [-0.2, 0) is 4.74 Å². The average molecular weight is 479 g/mol. The van der Waals surface area contributed by atoms with Crippen LogP contribution >= 0.6 is 0 Å². The minimum atomic E-state index is -1.50. The predicted molar refractivity (Wildman–Crippen MR) is 121 cm³/mol. The SMILES string of the molecule is CC(C)(C)OC(=O)NC1CCN(c2c(F)c(NN)c3c(=O)c(C(=O)O)cn(C4CC4)c3c2F)C1. The number of anilines is 2. The van der Waals surface area contributed by atoms with E-state index in [9.17, 15) is 19.5 Å². The summed E-state index contributed by atoms with van der Waals surface area (Å²) in [6, 6.07) is -0.626. The third-order valence-electron chi connectivity index (χ3n) is 5.87. The number of aromatic carboxylic acids is 1. The van der Waals surface area contributed by atoms with Crippen molar-refractivity contribution in [1.82, 2.24) is 9.88 Å². The third kappa shape index (κ3) is 4.25. The predicted octanol–water partition coefficient (Wildman–Crippen LogP) is 2.70. The van der Waals surface area contributed by atoms with Crippen LogP contribution in [0.3, 0.4) is 0 Å². The zero-order valence-corrected chi connectivity index (χ0v) is 19.1. The highest BCUT2D eigenvalue weighted by Gasteiger charge is 2.35. The van der Waals surface area contributed by atoms with Gasteiger partial charge < -0.3 is 30.1 Å². The highest BCUT2D eigenvalue weighted by atomic mass is 19.1. The molecule has 1 aliphatic heterocycles. The van der Waals surface area contributed by atoms with Gasteiger partial charge in [0.2, 0.25) is 5.43 Å². The molecule has 34 heavy (non-hydrogen) atoms. The van der Waals surface area contributed by atoms with Gasteiger partial charge in [-0.3, -0.25) is 10.6 Å². The first kappa shape index (κ1) is 23.7. The van der Waals surface area contributed by atoms with Gasteiger partial charge >= 0.3 is 12.1 Å². The van der Waals surface area contributed by atoms with E-state index in [1.54, 1.807) is 20.8 Å². The third-order valence-corrected chi connectivity index (χ3v) is 5.87. The van der Waals surface area contributed by atoms with Crippen LogP contribution in [0.15, 0.2) is 11.0 Å². The summed E-state index contributed by atoms with van der Waals surface area (Å²) in [5.74, 6) is 1.94. The zero-order chi connectivity index (χ0) is 24.9. The molecule has 2 aromatic rings. The number of rotatable bonds is 5. The highest BCUT2D eigenvalue weighted by Crippen LogP contribution is 2.42. The second-order valence-corrected chi connectivity index (χ2v) is 9.61. The number of alkyl carbamates (subject to hydrolysis) is 1. The van der Waals surface area contributed by atoms with Gasteiger partial charge in [-0.1, -0.05) is 0 Å². The van der Waals surface area contributed by atoms with E-state index >= 15 is 8.78 Å². The Bertz CT molecular complexity index is 1240. The van der Waals surface area contributed by atoms with Crippen LogP contribution < -0.4 is 26.9 Å². The maximum atomic E-state index is 15.9. The number of amides is 1. The van der Waals surface area contributed by atoms with Gasteiger partial charge in [0.15, 0.2) is 11.6 Å². The fourth-order valence-electron chi connectivity index (χ4n) is 4.29. The number of nitrogens with two attached hydrogens (primary N) is 1. The summed E-state index contributed by atoms with van der Waals surface area (Å²) in [6.45, 7) is 5.51. The molecule has 1 aliphatic carbocycles. The Hall–Kier alpha value is -3.41. The number of nitrogen functional groups attached to an aromatic ring is 1. The average Bonchev–Trinajstić information content (AvgIpc) is 3.47. The standard InChI is InChI=1S/C22H27F2N5O5/c1-22(2,3)34-21(33)26-10-6-7-28(8-10)18-14(23)16(27-25)13-17(15(18)24)29(11-4-5-11)9-12(19(13)30)20(31)32/h9-11,27H,4-8,25H2,1-3H3,(H,26,33)(H,31,32). The number of carbonyl (C=O) groups excluding carboxylic acids is 1. The van der Waals surface area contributed by atoms with E-state index in [2.05, 4.69) is 10.7 Å². The van der Waals surface area contributed by atoms with E-state index in [-0.39, 0.29) is 24.6 Å². The zero-order valence-electron chi connectivity index (χ0n) is 19.1. The first-order valence-corrected chi connectivity index (χ1v) is 11.0. The molecule has 4 rings (SSSR count). The fourth-order valence-corrected chi connectivity index (χ4v) is 4.29. The molecule has 2 heterocycles. The Morgan fingerprint density at radius 2 is 1.88 bits per heavy atom. The first-order valence-electron chi connectivity index (χ1n) is 11.0. The number of halogens is 2. The van der Waals surface area contributed by atoms with E-state index in [1.165, 1.54) is 9.47 Å². The quantitative estimate of drug-likeness (QED) is 0.379. The molecule has 2 fully saturated rings. The van der Waals surface area contributed by atoms with Gasteiger partial charge in [0.1, 0.15) is 22.5 Å². The van der Waals surface area contributed by atoms with Crippen molar-refractivity contribution in [3.05, 3.63) is 33.6 Å². The van der Waals surface area contributed by atoms with Crippen molar-refractivity contribution in [1.29, 1.82) is 0 Å². The normalized spacial score (nSPS) is 18.3. The number of hydrogen-bond donors (Lipinski definition) is 4. The summed E-state index contributed by atoms with van der Waals surface area (Å²) in [7, 11) is 0. The lowest BCUT2D eigenvalue weighted by molar-refractivity contribution is 0.0508. The number of hydrogen-bond acceptors (Lipinski definition) is 7. The van der Waals surface area contributed by atoms with E-state index in [0.29, 0.717) is 19.3 Å². The van der Waals surface area contributed by atoms with Crippen LogP contribution in [-0.4, -0.2) is 46.5 Å². The van der Waals surface area contributed by atoms with Crippen molar-refractivity contribution in [3.63, 3.8) is 0 Å². The van der Waals surface area contributed by atoms with Crippen LogP contribution in [0.25, 0.3) is 10.9 Å². The van der Waals surface area contributed by atoms with Gasteiger partial charge in [0, 0.05) is 25.3 Å². The van der Waals surface area contributed by atoms with Gasteiger partial charge in [-0.2, -0.15) is 0 Å². The summed E-state index contributed by atoms with van der Waals surface area (Å²) in [5, 5.41) is 11.7. The van der Waals surface area contributed by atoms with E-state index < -0.39 is 63.1 Å². The molecular weight excluding hydrogens is 452 g/mol. The Morgan fingerprint density at radius 1 is 1.21 bits per heavy atom. The van der Waals surface area contributed by atoms with Gasteiger partial charge in [-0.05, 0) is 40.0 Å². The van der Waals surface area contributed by atoms with E-state index in [1.807, 2.05) is 0 Å². The molecule has 1 aromatic carbocycles. The van der Waals surface area contributed by atoms with Gasteiger partial charge in [0.05, 0.1) is 16.9 Å². The maximum Gasteiger partial charge on any atom is 0.407 e. The number of nitrogens with one attached hydrogen (secondary N) is 2. The number of nitrogens with zero attached hydrogens (tertiary/aromatic N) is 2. The molecule has 2 aliphatic rings. The molecule has 1 unspecified atom stereocenters. The summed E-state index contributed by atoms with van der Waals surface area (Å²) < 4.78 is 38.1. The van der Waals surface area contributed by atoms with Gasteiger partial charge in [-0.15, -0.1) is 0 Å². The number of carboxylic acid groups (broad SMARTS) is 1. The number of pyridine rings is 1. The number of carboxylic acids is 1. The molecule has 0 spiro atoms. The molecule has 1 aromatic heterocycles. The molecule has 10 nitrogen and oxygen atoms in total. The second kappa shape index (κ2) is 8.42. The molecule has 184 valence electrons. The van der Waals surface area contributed by atoms with Crippen LogP contribution in [0.4, 0.5) is 25.0 Å². The molecule has 5 N–H and O–H groups in total. The molecule has 1 saturated carbocycles. The minimum Gasteiger partial charge on any atom is -0.477 e. The minimum absolute atomic E-state index is 0.101. The Balaban J connectivity index is 1.79. The van der Waals surface area contributed by atoms with Crippen LogP contribution in [0.5, 0.6) is 0 Å². The molecule has 0 radical (unpaired) electrons. The molecule has 1 amide bonds. The molecule has 1 saturated heterocycles. The van der Waals surface area contributed by atoms with Crippen molar-refractivity contribution in [3.8, 4) is 0 Å². The monoisotopic (exact) mass is 479 g/mol. The topological polar surface area (TPSA) is 139 Å². The number of aromatic nitrogens is 1.